The van der Waals surface area contributed by atoms with Crippen molar-refractivity contribution in [3.63, 3.8) is 0 Å². The number of nitro groups is 1. The van der Waals surface area contributed by atoms with Crippen molar-refractivity contribution in [2.24, 2.45) is 0 Å². The number of allylic oxidation sites excluding steroid dienone is 3. The Balaban J connectivity index is 2.64. The van der Waals surface area contributed by atoms with Crippen LogP contribution in [0.2, 0.25) is 0 Å². The smallest absolute Gasteiger partial charge is 0.246 e. The molecule has 1 aromatic heterocycles. The second-order valence-electron chi connectivity index (χ2n) is 3.49. The molecule has 0 aliphatic heterocycles. The van der Waals surface area contributed by atoms with Gasteiger partial charge in [-0.1, -0.05) is 6.08 Å². The summed E-state index contributed by atoms with van der Waals surface area (Å²) in [5.74, 6) is 0.559. The number of hydrogen-bond acceptors (Lipinski definition) is 4. The topological polar surface area (TPSA) is 73.3 Å². The standard InChI is InChI=1S/C12H13NO4/c1-10(14)7-8-11(13(15)16)4-2-5-12-6-3-9-17-12/h2-6,9H,7-8H2,1H3/b5-2+,11-4+. The van der Waals surface area contributed by atoms with Crippen LogP contribution in [-0.4, -0.2) is 10.7 Å². The summed E-state index contributed by atoms with van der Waals surface area (Å²) in [5, 5.41) is 10.7. The van der Waals surface area contributed by atoms with Gasteiger partial charge in [0.2, 0.25) is 5.70 Å². The number of rotatable bonds is 6. The van der Waals surface area contributed by atoms with Gasteiger partial charge in [0.05, 0.1) is 11.2 Å². The Morgan fingerprint density at radius 2 is 2.29 bits per heavy atom. The van der Waals surface area contributed by atoms with Crippen molar-refractivity contribution < 1.29 is 14.1 Å². The number of ketones is 1. The minimum absolute atomic E-state index is 0.0167. The molecule has 0 saturated heterocycles. The maximum Gasteiger partial charge on any atom is 0.246 e. The normalized spacial score (nSPS) is 11.9. The van der Waals surface area contributed by atoms with E-state index in [0.29, 0.717) is 5.76 Å². The van der Waals surface area contributed by atoms with E-state index in [1.54, 1.807) is 18.2 Å². The van der Waals surface area contributed by atoms with Crippen molar-refractivity contribution in [3.8, 4) is 0 Å². The zero-order valence-electron chi connectivity index (χ0n) is 9.46. The molecule has 0 saturated carbocycles. The van der Waals surface area contributed by atoms with Gasteiger partial charge in [-0.3, -0.25) is 10.1 Å². The van der Waals surface area contributed by atoms with Crippen molar-refractivity contribution in [1.82, 2.24) is 0 Å². The molecular weight excluding hydrogens is 222 g/mol. The van der Waals surface area contributed by atoms with E-state index >= 15 is 0 Å². The van der Waals surface area contributed by atoms with Gasteiger partial charge in [0.25, 0.3) is 0 Å². The van der Waals surface area contributed by atoms with E-state index in [9.17, 15) is 14.9 Å². The average Bonchev–Trinajstić information content (AvgIpc) is 2.74. The van der Waals surface area contributed by atoms with Gasteiger partial charge in [-0.15, -0.1) is 0 Å². The Bertz CT molecular complexity index is 443. The quantitative estimate of drug-likeness (QED) is 0.431. The minimum Gasteiger partial charge on any atom is -0.465 e. The van der Waals surface area contributed by atoms with E-state index in [0.717, 1.165) is 0 Å². The Labute approximate surface area is 98.6 Å². The third-order valence-corrected chi connectivity index (χ3v) is 2.06. The van der Waals surface area contributed by atoms with Gasteiger partial charge in [-0.2, -0.15) is 0 Å². The molecule has 0 fully saturated rings. The average molecular weight is 235 g/mol. The van der Waals surface area contributed by atoms with Crippen LogP contribution in [0.15, 0.2) is 40.7 Å². The summed E-state index contributed by atoms with van der Waals surface area (Å²) in [6, 6.07) is 3.47. The third kappa shape index (κ3) is 4.92. The van der Waals surface area contributed by atoms with E-state index < -0.39 is 4.92 Å². The highest BCUT2D eigenvalue weighted by molar-refractivity contribution is 5.75. The summed E-state index contributed by atoms with van der Waals surface area (Å²) in [4.78, 5) is 20.9. The lowest BCUT2D eigenvalue weighted by Gasteiger charge is -1.94. The fourth-order valence-corrected chi connectivity index (χ4v) is 1.18. The molecule has 0 aromatic carbocycles. The van der Waals surface area contributed by atoms with Crippen LogP contribution in [0.1, 0.15) is 25.5 Å². The van der Waals surface area contributed by atoms with E-state index in [1.807, 2.05) is 0 Å². The number of furan rings is 1. The molecule has 0 amide bonds. The van der Waals surface area contributed by atoms with Gasteiger partial charge in [0.15, 0.2) is 0 Å². The third-order valence-electron chi connectivity index (χ3n) is 2.06. The lowest BCUT2D eigenvalue weighted by Crippen LogP contribution is -2.01. The number of carbonyl (C=O) groups is 1. The fraction of sp³-hybridized carbons (Fsp3) is 0.250. The summed E-state index contributed by atoms with van der Waals surface area (Å²) in [6.07, 6.45) is 6.39. The summed E-state index contributed by atoms with van der Waals surface area (Å²) in [5.41, 5.74) is 0.0167. The summed E-state index contributed by atoms with van der Waals surface area (Å²) in [6.45, 7) is 1.41. The molecule has 0 atom stereocenters. The van der Waals surface area contributed by atoms with Crippen LogP contribution in [0.5, 0.6) is 0 Å². The van der Waals surface area contributed by atoms with Gasteiger partial charge >= 0.3 is 0 Å². The summed E-state index contributed by atoms with van der Waals surface area (Å²) >= 11 is 0. The van der Waals surface area contributed by atoms with Crippen LogP contribution in [0.3, 0.4) is 0 Å². The molecule has 5 heteroatoms. The van der Waals surface area contributed by atoms with Gasteiger partial charge in [0.1, 0.15) is 11.5 Å². The van der Waals surface area contributed by atoms with Crippen molar-refractivity contribution >= 4 is 11.9 Å². The monoisotopic (exact) mass is 235 g/mol. The molecule has 1 heterocycles. The first kappa shape index (κ1) is 12.9. The van der Waals surface area contributed by atoms with Crippen molar-refractivity contribution in [2.45, 2.75) is 19.8 Å². The van der Waals surface area contributed by atoms with Gasteiger partial charge < -0.3 is 9.21 Å². The van der Waals surface area contributed by atoms with Crippen LogP contribution in [0.4, 0.5) is 0 Å². The van der Waals surface area contributed by atoms with Crippen LogP contribution in [0, 0.1) is 10.1 Å². The van der Waals surface area contributed by atoms with E-state index in [2.05, 4.69) is 0 Å². The fourth-order valence-electron chi connectivity index (χ4n) is 1.18. The first-order valence-electron chi connectivity index (χ1n) is 5.14. The highest BCUT2D eigenvalue weighted by Crippen LogP contribution is 2.08. The molecule has 0 aliphatic carbocycles. The number of carbonyl (C=O) groups excluding carboxylic acids is 1. The SMILES string of the molecule is CC(=O)CC/C(=C\C=C\c1ccco1)[N+](=O)[O-]. The van der Waals surface area contributed by atoms with Crippen LogP contribution < -0.4 is 0 Å². The largest absolute Gasteiger partial charge is 0.465 e. The molecule has 1 aromatic rings. The molecule has 0 unspecified atom stereocenters. The first-order valence-corrected chi connectivity index (χ1v) is 5.14. The van der Waals surface area contributed by atoms with Gasteiger partial charge in [-0.25, -0.2) is 0 Å². The molecule has 0 radical (unpaired) electrons. The van der Waals surface area contributed by atoms with Crippen LogP contribution in [-0.2, 0) is 4.79 Å². The van der Waals surface area contributed by atoms with Crippen LogP contribution >= 0.6 is 0 Å². The maximum absolute atomic E-state index is 10.7. The molecule has 1 rings (SSSR count). The van der Waals surface area contributed by atoms with Crippen LogP contribution in [0.25, 0.3) is 6.08 Å². The highest BCUT2D eigenvalue weighted by Gasteiger charge is 2.09. The summed E-state index contributed by atoms with van der Waals surface area (Å²) < 4.78 is 5.03. The predicted octanol–water partition coefficient (Wildman–Crippen LogP) is 2.82. The van der Waals surface area contributed by atoms with E-state index in [1.165, 1.54) is 25.3 Å². The van der Waals surface area contributed by atoms with Crippen molar-refractivity contribution in [1.29, 1.82) is 0 Å². The number of nitrogens with zero attached hydrogens (tertiary/aromatic N) is 1. The van der Waals surface area contributed by atoms with E-state index in [4.69, 9.17) is 4.42 Å². The number of hydrogen-bond donors (Lipinski definition) is 0. The zero-order chi connectivity index (χ0) is 12.7. The van der Waals surface area contributed by atoms with Crippen molar-refractivity contribution in [2.75, 3.05) is 0 Å². The number of Topliss-reactive ketones (excluding diaryl/α,β-unsaturated/α-hetero) is 1. The first-order chi connectivity index (χ1) is 8.09. The molecule has 17 heavy (non-hydrogen) atoms. The highest BCUT2D eigenvalue weighted by atomic mass is 16.6. The Morgan fingerprint density at radius 3 is 2.82 bits per heavy atom. The summed E-state index contributed by atoms with van der Waals surface area (Å²) in [7, 11) is 0. The second-order valence-corrected chi connectivity index (χ2v) is 3.49. The lowest BCUT2D eigenvalue weighted by molar-refractivity contribution is -0.427. The van der Waals surface area contributed by atoms with E-state index in [-0.39, 0.29) is 24.3 Å². The molecular formula is C12H13NO4. The predicted molar refractivity (Wildman–Crippen MR) is 62.7 cm³/mol. The van der Waals surface area contributed by atoms with Gasteiger partial charge in [-0.05, 0) is 25.1 Å². The van der Waals surface area contributed by atoms with Gasteiger partial charge in [0, 0.05) is 18.9 Å². The minimum atomic E-state index is -0.477. The molecule has 0 bridgehead atoms. The van der Waals surface area contributed by atoms with Crippen molar-refractivity contribution in [3.05, 3.63) is 52.1 Å². The Hall–Kier alpha value is -2.17. The molecule has 0 N–H and O–H groups in total. The zero-order valence-corrected chi connectivity index (χ0v) is 9.46. The maximum atomic E-state index is 10.7. The molecule has 0 aliphatic rings. The molecule has 0 spiro atoms. The Kier molecular flexibility index (Phi) is 4.87. The Morgan fingerprint density at radius 1 is 1.53 bits per heavy atom. The lowest BCUT2D eigenvalue weighted by atomic mass is 10.2. The molecule has 90 valence electrons. The molecule has 5 nitrogen and oxygen atoms in total. The second kappa shape index (κ2) is 6.42.